The summed E-state index contributed by atoms with van der Waals surface area (Å²) in [6.45, 7) is 5.76. The van der Waals surface area contributed by atoms with E-state index in [1.807, 2.05) is 38.1 Å². The number of hydrogen-bond acceptors (Lipinski definition) is 9. The van der Waals surface area contributed by atoms with Gasteiger partial charge in [-0.2, -0.15) is 0 Å². The van der Waals surface area contributed by atoms with Gasteiger partial charge in [-0.3, -0.25) is 4.79 Å². The molecule has 0 bridgehead atoms. The van der Waals surface area contributed by atoms with Gasteiger partial charge in [0.25, 0.3) is 0 Å². The Morgan fingerprint density at radius 2 is 1.97 bits per heavy atom. The van der Waals surface area contributed by atoms with Crippen molar-refractivity contribution in [2.24, 2.45) is 5.73 Å². The summed E-state index contributed by atoms with van der Waals surface area (Å²) in [6, 6.07) is 11.2. The van der Waals surface area contributed by atoms with Crippen LogP contribution in [-0.2, 0) is 11.1 Å². The number of aliphatic hydroxyl groups is 2. The molecule has 9 heteroatoms. The Morgan fingerprint density at radius 3 is 2.65 bits per heavy atom. The number of methoxy groups -OCH3 is 1. The van der Waals surface area contributed by atoms with Gasteiger partial charge in [0.2, 0.25) is 0 Å². The van der Waals surface area contributed by atoms with Crippen LogP contribution in [0.4, 0.5) is 0 Å². The number of Topliss-reactive ketones (excluding diaryl/α,β-unsaturated/α-hetero) is 1. The standard InChI is InChI=1S/C28H33N3O6/c1-17-5-7-18(8-6-17)25-26-19(27(2,29)16-37-26)13-24(31-25)28(3,34)10-9-21(33)20-14-22(35-4)23(15-30-20)36-12-11-32/h5-8,13-15,32,34H,9-12,16,29H2,1-4H3. The van der Waals surface area contributed by atoms with Gasteiger partial charge in [0.05, 0.1) is 31.1 Å². The van der Waals surface area contributed by atoms with Crippen LogP contribution in [-0.4, -0.2) is 52.9 Å². The number of ketones is 1. The van der Waals surface area contributed by atoms with Crippen LogP contribution < -0.4 is 19.9 Å². The van der Waals surface area contributed by atoms with E-state index in [1.165, 1.54) is 19.4 Å². The topological polar surface area (TPSA) is 137 Å². The summed E-state index contributed by atoms with van der Waals surface area (Å²) in [5.74, 6) is 1.02. The minimum Gasteiger partial charge on any atom is -0.493 e. The Balaban J connectivity index is 1.60. The average Bonchev–Trinajstić information content (AvgIpc) is 3.20. The first-order chi connectivity index (χ1) is 17.6. The molecule has 4 rings (SSSR count). The monoisotopic (exact) mass is 507 g/mol. The van der Waals surface area contributed by atoms with Crippen molar-refractivity contribution in [3.8, 4) is 28.5 Å². The number of nitrogens with two attached hydrogens (primary N) is 1. The number of ether oxygens (including phenoxy) is 3. The average molecular weight is 508 g/mol. The zero-order valence-electron chi connectivity index (χ0n) is 21.6. The second-order valence-electron chi connectivity index (χ2n) is 9.79. The molecule has 3 heterocycles. The first-order valence-electron chi connectivity index (χ1n) is 12.1. The number of aliphatic hydroxyl groups excluding tert-OH is 1. The Bertz CT molecular complexity index is 1290. The molecule has 0 aliphatic carbocycles. The molecule has 0 saturated carbocycles. The van der Waals surface area contributed by atoms with Crippen LogP contribution >= 0.6 is 0 Å². The molecule has 9 nitrogen and oxygen atoms in total. The molecule has 2 unspecified atom stereocenters. The number of carbonyl (C=O) groups excluding carboxylic acids is 1. The maximum Gasteiger partial charge on any atom is 0.181 e. The normalized spacial score (nSPS) is 18.0. The van der Waals surface area contributed by atoms with Crippen molar-refractivity contribution >= 4 is 5.78 Å². The van der Waals surface area contributed by atoms with E-state index < -0.39 is 11.1 Å². The van der Waals surface area contributed by atoms with Gasteiger partial charge >= 0.3 is 0 Å². The van der Waals surface area contributed by atoms with Gasteiger partial charge in [0, 0.05) is 23.6 Å². The fourth-order valence-corrected chi connectivity index (χ4v) is 4.20. The molecule has 1 aliphatic rings. The van der Waals surface area contributed by atoms with Gasteiger partial charge in [-0.25, -0.2) is 9.97 Å². The SMILES string of the molecule is COc1cc(C(=O)CCC(C)(O)c2cc3c(c(-c4ccc(C)cc4)n2)OCC3(C)N)ncc1OCCO. The number of fused-ring (bicyclic) bond motifs is 1. The lowest BCUT2D eigenvalue weighted by atomic mass is 9.88. The molecule has 4 N–H and O–H groups in total. The second kappa shape index (κ2) is 10.5. The van der Waals surface area contributed by atoms with E-state index in [1.54, 1.807) is 13.0 Å². The predicted molar refractivity (Wildman–Crippen MR) is 138 cm³/mol. The van der Waals surface area contributed by atoms with Crippen LogP contribution in [0.25, 0.3) is 11.3 Å². The Kier molecular flexibility index (Phi) is 7.49. The van der Waals surface area contributed by atoms with Crippen molar-refractivity contribution < 1.29 is 29.2 Å². The third kappa shape index (κ3) is 5.58. The van der Waals surface area contributed by atoms with Crippen LogP contribution in [0.15, 0.2) is 42.6 Å². The zero-order chi connectivity index (χ0) is 26.8. The van der Waals surface area contributed by atoms with Crippen molar-refractivity contribution in [3.05, 3.63) is 65.1 Å². The highest BCUT2D eigenvalue weighted by Crippen LogP contribution is 2.44. The maximum atomic E-state index is 13.0. The smallest absolute Gasteiger partial charge is 0.181 e. The number of rotatable bonds is 10. The number of carbonyl (C=O) groups is 1. The van der Waals surface area contributed by atoms with Gasteiger partial charge in [-0.15, -0.1) is 0 Å². The molecular weight excluding hydrogens is 474 g/mol. The molecule has 0 fully saturated rings. The Morgan fingerprint density at radius 1 is 1.24 bits per heavy atom. The summed E-state index contributed by atoms with van der Waals surface area (Å²) in [5.41, 5.74) is 8.30. The summed E-state index contributed by atoms with van der Waals surface area (Å²) >= 11 is 0. The number of hydrogen-bond donors (Lipinski definition) is 3. The summed E-state index contributed by atoms with van der Waals surface area (Å²) < 4.78 is 16.6. The molecule has 1 aliphatic heterocycles. The lowest BCUT2D eigenvalue weighted by molar-refractivity contribution is 0.0396. The fourth-order valence-electron chi connectivity index (χ4n) is 4.20. The third-order valence-corrected chi connectivity index (χ3v) is 6.51. The number of nitrogens with zero attached hydrogens (tertiary/aromatic N) is 2. The van der Waals surface area contributed by atoms with Crippen molar-refractivity contribution in [3.63, 3.8) is 0 Å². The lowest BCUT2D eigenvalue weighted by Gasteiger charge is -2.25. The first kappa shape index (κ1) is 26.5. The molecule has 2 atom stereocenters. The van der Waals surface area contributed by atoms with E-state index in [-0.39, 0.29) is 37.5 Å². The molecule has 0 spiro atoms. The fraction of sp³-hybridized carbons (Fsp3) is 0.393. The van der Waals surface area contributed by atoms with Gasteiger partial charge in [0.1, 0.15) is 30.2 Å². The molecule has 0 radical (unpaired) electrons. The Labute approximate surface area is 216 Å². The molecule has 0 saturated heterocycles. The molecule has 1 aromatic carbocycles. The van der Waals surface area contributed by atoms with E-state index in [4.69, 9.17) is 30.0 Å². The highest BCUT2D eigenvalue weighted by molar-refractivity contribution is 5.94. The van der Waals surface area contributed by atoms with E-state index >= 15 is 0 Å². The van der Waals surface area contributed by atoms with Crippen LogP contribution in [0.5, 0.6) is 17.2 Å². The van der Waals surface area contributed by atoms with Gasteiger partial charge in [-0.05, 0) is 33.3 Å². The van der Waals surface area contributed by atoms with Crippen LogP contribution in [0.3, 0.4) is 0 Å². The summed E-state index contributed by atoms with van der Waals surface area (Å²) in [6.07, 6.45) is 1.52. The summed E-state index contributed by atoms with van der Waals surface area (Å²) in [4.78, 5) is 21.9. The first-order valence-corrected chi connectivity index (χ1v) is 12.1. The minimum atomic E-state index is -1.42. The van der Waals surface area contributed by atoms with Crippen molar-refractivity contribution in [1.29, 1.82) is 0 Å². The highest BCUT2D eigenvalue weighted by atomic mass is 16.5. The molecule has 3 aromatic rings. The Hall–Kier alpha value is -3.53. The molecule has 37 heavy (non-hydrogen) atoms. The maximum absolute atomic E-state index is 13.0. The van der Waals surface area contributed by atoms with Gasteiger partial charge in [0.15, 0.2) is 23.0 Å². The van der Waals surface area contributed by atoms with E-state index in [0.717, 1.165) is 16.7 Å². The number of benzene rings is 1. The summed E-state index contributed by atoms with van der Waals surface area (Å²) in [7, 11) is 1.46. The number of aromatic nitrogens is 2. The van der Waals surface area contributed by atoms with Crippen molar-refractivity contribution in [2.75, 3.05) is 26.9 Å². The third-order valence-electron chi connectivity index (χ3n) is 6.51. The van der Waals surface area contributed by atoms with E-state index in [0.29, 0.717) is 35.2 Å². The van der Waals surface area contributed by atoms with Gasteiger partial charge < -0.3 is 30.2 Å². The largest absolute Gasteiger partial charge is 0.493 e. The van der Waals surface area contributed by atoms with E-state index in [2.05, 4.69) is 4.98 Å². The van der Waals surface area contributed by atoms with E-state index in [9.17, 15) is 9.90 Å². The quantitative estimate of drug-likeness (QED) is 0.353. The van der Waals surface area contributed by atoms with Crippen LogP contribution in [0.1, 0.15) is 54.0 Å². The van der Waals surface area contributed by atoms with Crippen molar-refractivity contribution in [2.45, 2.75) is 44.8 Å². The van der Waals surface area contributed by atoms with Gasteiger partial charge in [-0.1, -0.05) is 29.8 Å². The predicted octanol–water partition coefficient (Wildman–Crippen LogP) is 3.27. The summed E-state index contributed by atoms with van der Waals surface area (Å²) in [5, 5.41) is 20.4. The number of aryl methyl sites for hydroxylation is 1. The van der Waals surface area contributed by atoms with Crippen LogP contribution in [0.2, 0.25) is 0 Å². The highest BCUT2D eigenvalue weighted by Gasteiger charge is 2.38. The van der Waals surface area contributed by atoms with Crippen molar-refractivity contribution in [1.82, 2.24) is 9.97 Å². The van der Waals surface area contributed by atoms with Crippen LogP contribution in [0, 0.1) is 6.92 Å². The second-order valence-corrected chi connectivity index (χ2v) is 9.79. The zero-order valence-corrected chi connectivity index (χ0v) is 21.6. The lowest BCUT2D eigenvalue weighted by Crippen LogP contribution is -2.35. The molecule has 0 amide bonds. The minimum absolute atomic E-state index is 0.0228. The molecular formula is C28H33N3O6. The number of pyridine rings is 2. The molecule has 2 aromatic heterocycles. The molecule has 196 valence electrons.